The average Bonchev–Trinajstić information content (AvgIpc) is 2.77. The standard InChI is InChI=1S/C12H16NO5P/c1-16-12(14)11-9-18-19(15,17-2)13(11)8-10-6-4-3-5-7-10/h3-7,11H,8-9H2,1-2H3/t11-,19?/m1/s1. The van der Waals surface area contributed by atoms with Crippen molar-refractivity contribution in [2.24, 2.45) is 0 Å². The Morgan fingerprint density at radius 3 is 2.74 bits per heavy atom. The summed E-state index contributed by atoms with van der Waals surface area (Å²) >= 11 is 0. The van der Waals surface area contributed by atoms with Crippen molar-refractivity contribution in [3.63, 3.8) is 0 Å². The molecule has 0 amide bonds. The molecule has 1 aliphatic heterocycles. The predicted molar refractivity (Wildman–Crippen MR) is 67.7 cm³/mol. The second-order valence-electron chi connectivity index (χ2n) is 4.07. The van der Waals surface area contributed by atoms with Gasteiger partial charge in [-0.1, -0.05) is 30.3 Å². The molecule has 1 aromatic carbocycles. The second kappa shape index (κ2) is 5.94. The van der Waals surface area contributed by atoms with Crippen LogP contribution in [0.5, 0.6) is 0 Å². The second-order valence-corrected chi connectivity index (χ2v) is 6.14. The molecule has 1 heterocycles. The van der Waals surface area contributed by atoms with Gasteiger partial charge in [-0.25, -0.2) is 0 Å². The Morgan fingerprint density at radius 2 is 2.16 bits per heavy atom. The molecular formula is C12H16NO5P. The molecule has 6 nitrogen and oxygen atoms in total. The topological polar surface area (TPSA) is 71.1 Å². The fourth-order valence-corrected chi connectivity index (χ4v) is 3.58. The molecule has 0 aromatic heterocycles. The maximum atomic E-state index is 12.4. The first kappa shape index (κ1) is 14.4. The Kier molecular flexibility index (Phi) is 4.50. The predicted octanol–water partition coefficient (Wildman–Crippen LogP) is 0.745. The van der Waals surface area contributed by atoms with Gasteiger partial charge in [-0.15, -0.1) is 4.67 Å². The van der Waals surface area contributed by atoms with Crippen molar-refractivity contribution in [3.8, 4) is 0 Å². The smallest absolute Gasteiger partial charge is 0.329 e. The molecule has 0 radical (unpaired) electrons. The summed E-state index contributed by atoms with van der Waals surface area (Å²) in [7, 11) is -0.822. The summed E-state index contributed by atoms with van der Waals surface area (Å²) < 4.78 is 16.3. The van der Waals surface area contributed by atoms with Crippen molar-refractivity contribution < 1.29 is 23.5 Å². The summed E-state index contributed by atoms with van der Waals surface area (Å²) in [5.41, 5.74) is 0.916. The lowest BCUT2D eigenvalue weighted by atomic mass is 10.2. The molecule has 0 aliphatic carbocycles. The van der Waals surface area contributed by atoms with E-state index in [9.17, 15) is 9.69 Å². The molecule has 1 aromatic rings. The van der Waals surface area contributed by atoms with Gasteiger partial charge in [-0.05, 0) is 5.56 Å². The van der Waals surface area contributed by atoms with Crippen LogP contribution in [-0.2, 0) is 25.1 Å². The highest BCUT2D eigenvalue weighted by atomic mass is 31.2. The number of esters is 1. The van der Waals surface area contributed by atoms with Crippen molar-refractivity contribution in [2.45, 2.75) is 12.6 Å². The van der Waals surface area contributed by atoms with Crippen LogP contribution in [0.3, 0.4) is 0 Å². The lowest BCUT2D eigenvalue weighted by Gasteiger charge is -2.29. The lowest BCUT2D eigenvalue weighted by Crippen LogP contribution is -2.40. The SMILES string of the molecule is COC(=O)[C@H]1CO[P+]([O-])(OC)N1Cc1ccccc1. The van der Waals surface area contributed by atoms with Gasteiger partial charge in [0.25, 0.3) is 0 Å². The normalized spacial score (nSPS) is 27.4. The molecule has 0 bridgehead atoms. The fraction of sp³-hybridized carbons (Fsp3) is 0.417. The molecule has 2 rings (SSSR count). The monoisotopic (exact) mass is 285 g/mol. The Balaban J connectivity index is 2.22. The maximum absolute atomic E-state index is 12.4. The summed E-state index contributed by atoms with van der Waals surface area (Å²) in [6.07, 6.45) is 0. The number of carbonyl (C=O) groups excluding carboxylic acids is 1. The number of rotatable bonds is 4. The minimum absolute atomic E-state index is 0.00459. The van der Waals surface area contributed by atoms with E-state index in [-0.39, 0.29) is 6.61 Å². The van der Waals surface area contributed by atoms with E-state index in [1.165, 1.54) is 18.9 Å². The molecule has 1 unspecified atom stereocenters. The number of nitrogens with zero attached hydrogens (tertiary/aromatic N) is 1. The number of hydrogen-bond donors (Lipinski definition) is 0. The molecule has 2 atom stereocenters. The van der Waals surface area contributed by atoms with Gasteiger partial charge in [0.05, 0.1) is 20.8 Å². The average molecular weight is 285 g/mol. The van der Waals surface area contributed by atoms with Crippen LogP contribution >= 0.6 is 8.09 Å². The van der Waals surface area contributed by atoms with E-state index in [2.05, 4.69) is 0 Å². The highest BCUT2D eigenvalue weighted by molar-refractivity contribution is 7.56. The van der Waals surface area contributed by atoms with Crippen molar-refractivity contribution in [1.29, 1.82) is 0 Å². The van der Waals surface area contributed by atoms with Crippen molar-refractivity contribution in [2.75, 3.05) is 20.8 Å². The van der Waals surface area contributed by atoms with Gasteiger partial charge in [0.2, 0.25) is 0 Å². The van der Waals surface area contributed by atoms with Crippen LogP contribution in [0, 0.1) is 0 Å². The van der Waals surface area contributed by atoms with Gasteiger partial charge in [0.15, 0.2) is 6.04 Å². The van der Waals surface area contributed by atoms with E-state index in [0.29, 0.717) is 6.54 Å². The maximum Gasteiger partial charge on any atom is 0.329 e. The van der Waals surface area contributed by atoms with E-state index < -0.39 is 20.1 Å². The summed E-state index contributed by atoms with van der Waals surface area (Å²) in [6, 6.07) is 8.68. The zero-order chi connectivity index (χ0) is 13.9. The minimum atomic E-state index is -3.42. The third kappa shape index (κ3) is 2.94. The molecule has 7 heteroatoms. The van der Waals surface area contributed by atoms with Crippen molar-refractivity contribution >= 4 is 14.1 Å². The number of methoxy groups -OCH3 is 1. The Hall–Kier alpha value is -1.04. The highest BCUT2D eigenvalue weighted by Crippen LogP contribution is 2.61. The van der Waals surface area contributed by atoms with Crippen LogP contribution in [-0.4, -0.2) is 37.5 Å². The highest BCUT2D eigenvalue weighted by Gasteiger charge is 2.53. The van der Waals surface area contributed by atoms with E-state index in [1.54, 1.807) is 0 Å². The van der Waals surface area contributed by atoms with Crippen LogP contribution in [0.4, 0.5) is 0 Å². The molecule has 104 valence electrons. The molecular weight excluding hydrogens is 269 g/mol. The molecule has 0 saturated carbocycles. The summed E-state index contributed by atoms with van der Waals surface area (Å²) in [5, 5.41) is 0. The quantitative estimate of drug-likeness (QED) is 0.600. The zero-order valence-electron chi connectivity index (χ0n) is 10.8. The lowest BCUT2D eigenvalue weighted by molar-refractivity contribution is -0.225. The third-order valence-electron chi connectivity index (χ3n) is 2.96. The van der Waals surface area contributed by atoms with Crippen LogP contribution in [0.2, 0.25) is 0 Å². The van der Waals surface area contributed by atoms with E-state index in [0.717, 1.165) is 5.56 Å². The van der Waals surface area contributed by atoms with Crippen molar-refractivity contribution in [1.82, 2.24) is 4.67 Å². The third-order valence-corrected chi connectivity index (χ3v) is 4.95. The van der Waals surface area contributed by atoms with Gasteiger partial charge in [-0.3, -0.25) is 4.79 Å². The minimum Gasteiger partial charge on any atom is -0.616 e. The Bertz CT molecular complexity index is 443. The number of benzene rings is 1. The van der Waals surface area contributed by atoms with Crippen LogP contribution in [0.1, 0.15) is 5.56 Å². The van der Waals surface area contributed by atoms with Gasteiger partial charge in [-0.2, -0.15) is 9.05 Å². The first-order valence-corrected chi connectivity index (χ1v) is 7.29. The van der Waals surface area contributed by atoms with E-state index >= 15 is 0 Å². The molecule has 19 heavy (non-hydrogen) atoms. The van der Waals surface area contributed by atoms with Gasteiger partial charge < -0.3 is 9.63 Å². The number of hydrogen-bond acceptors (Lipinski definition) is 6. The first-order valence-electron chi connectivity index (χ1n) is 5.80. The van der Waals surface area contributed by atoms with Gasteiger partial charge >= 0.3 is 14.1 Å². The Morgan fingerprint density at radius 1 is 1.47 bits per heavy atom. The van der Waals surface area contributed by atoms with Crippen LogP contribution in [0.15, 0.2) is 30.3 Å². The van der Waals surface area contributed by atoms with Gasteiger partial charge in [0.1, 0.15) is 6.61 Å². The fourth-order valence-electron chi connectivity index (χ4n) is 1.95. The summed E-state index contributed by atoms with van der Waals surface area (Å²) in [5.74, 6) is -0.481. The van der Waals surface area contributed by atoms with E-state index in [1.807, 2.05) is 30.3 Å². The van der Waals surface area contributed by atoms with Gasteiger partial charge in [0, 0.05) is 0 Å². The van der Waals surface area contributed by atoms with E-state index in [4.69, 9.17) is 13.8 Å². The molecule has 1 fully saturated rings. The largest absolute Gasteiger partial charge is 0.616 e. The van der Waals surface area contributed by atoms with Crippen LogP contribution in [0.25, 0.3) is 0 Å². The summed E-state index contributed by atoms with van der Waals surface area (Å²) in [4.78, 5) is 24.1. The molecule has 1 saturated heterocycles. The number of carbonyl (C=O) groups is 1. The zero-order valence-corrected chi connectivity index (χ0v) is 11.7. The first-order chi connectivity index (χ1) is 9.10. The van der Waals surface area contributed by atoms with Crippen molar-refractivity contribution in [3.05, 3.63) is 35.9 Å². The van der Waals surface area contributed by atoms with Crippen LogP contribution < -0.4 is 4.89 Å². The molecule has 0 N–H and O–H groups in total. The summed E-state index contributed by atoms with van der Waals surface area (Å²) in [6.45, 7) is 0.302. The molecule has 1 aliphatic rings. The molecule has 0 spiro atoms. The Labute approximate surface area is 112 Å². The number of ether oxygens (including phenoxy) is 1.